The number of likely N-dealkylation sites (tertiary alicyclic amines) is 1. The predicted octanol–water partition coefficient (Wildman–Crippen LogP) is 3.99. The Morgan fingerprint density at radius 3 is 2.48 bits per heavy atom. The van der Waals surface area contributed by atoms with Crippen LogP contribution in [0, 0.1) is 27.3 Å². The Balaban J connectivity index is 2.01. The first-order valence-corrected chi connectivity index (χ1v) is 7.43. The summed E-state index contributed by atoms with van der Waals surface area (Å²) in [6, 6.07) is 4.40. The summed E-state index contributed by atoms with van der Waals surface area (Å²) in [6.45, 7) is 9.06. The van der Waals surface area contributed by atoms with E-state index in [1.54, 1.807) is 12.1 Å². The molecular formula is C16H23FN2O2. The summed E-state index contributed by atoms with van der Waals surface area (Å²) >= 11 is 0. The number of benzene rings is 1. The lowest BCUT2D eigenvalue weighted by atomic mass is 9.75. The van der Waals surface area contributed by atoms with Crippen molar-refractivity contribution >= 4 is 5.69 Å². The molecule has 1 aliphatic heterocycles. The number of piperidine rings is 1. The fraction of sp³-hybridized carbons (Fsp3) is 0.625. The van der Waals surface area contributed by atoms with Gasteiger partial charge in [0.15, 0.2) is 0 Å². The maximum Gasteiger partial charge on any atom is 0.305 e. The first kappa shape index (κ1) is 15.9. The van der Waals surface area contributed by atoms with Crippen molar-refractivity contribution in [1.29, 1.82) is 0 Å². The summed E-state index contributed by atoms with van der Waals surface area (Å²) in [4.78, 5) is 12.3. The van der Waals surface area contributed by atoms with Crippen molar-refractivity contribution in [1.82, 2.24) is 4.90 Å². The lowest BCUT2D eigenvalue weighted by Gasteiger charge is -2.38. The van der Waals surface area contributed by atoms with Gasteiger partial charge in [-0.1, -0.05) is 32.9 Å². The largest absolute Gasteiger partial charge is 0.305 e. The Morgan fingerprint density at radius 1 is 1.33 bits per heavy atom. The van der Waals surface area contributed by atoms with Crippen LogP contribution in [0.3, 0.4) is 0 Å². The molecule has 1 aromatic rings. The van der Waals surface area contributed by atoms with Crippen LogP contribution < -0.4 is 0 Å². The maximum atomic E-state index is 14.1. The van der Waals surface area contributed by atoms with Crippen LogP contribution in [0.2, 0.25) is 0 Å². The summed E-state index contributed by atoms with van der Waals surface area (Å²) < 4.78 is 14.1. The quantitative estimate of drug-likeness (QED) is 0.625. The number of rotatable bonds is 3. The van der Waals surface area contributed by atoms with E-state index < -0.39 is 16.4 Å². The number of halogens is 1. The summed E-state index contributed by atoms with van der Waals surface area (Å²) in [7, 11) is 0. The lowest BCUT2D eigenvalue weighted by Crippen LogP contribution is -2.37. The van der Waals surface area contributed by atoms with Crippen LogP contribution in [0.1, 0.15) is 39.2 Å². The maximum absolute atomic E-state index is 14.1. The zero-order chi connectivity index (χ0) is 15.6. The molecule has 0 amide bonds. The first-order valence-electron chi connectivity index (χ1n) is 7.43. The van der Waals surface area contributed by atoms with E-state index in [2.05, 4.69) is 25.7 Å². The topological polar surface area (TPSA) is 46.4 Å². The van der Waals surface area contributed by atoms with E-state index in [0.717, 1.165) is 25.9 Å². The Hall–Kier alpha value is -1.49. The van der Waals surface area contributed by atoms with Gasteiger partial charge in [0.25, 0.3) is 0 Å². The van der Waals surface area contributed by atoms with Crippen molar-refractivity contribution in [3.05, 3.63) is 39.7 Å². The highest BCUT2D eigenvalue weighted by atomic mass is 19.1. The molecule has 1 saturated heterocycles. The SMILES string of the molecule is CC(C)(C)C1CCN(Cc2cccc([N+](=O)[O-])c2F)CC1. The molecule has 0 unspecified atom stereocenters. The Labute approximate surface area is 125 Å². The minimum Gasteiger partial charge on any atom is -0.299 e. The molecule has 116 valence electrons. The van der Waals surface area contributed by atoms with Gasteiger partial charge in [-0.15, -0.1) is 0 Å². The van der Waals surface area contributed by atoms with Gasteiger partial charge in [-0.3, -0.25) is 15.0 Å². The third-order valence-corrected chi connectivity index (χ3v) is 4.46. The zero-order valence-corrected chi connectivity index (χ0v) is 12.9. The van der Waals surface area contributed by atoms with Crippen LogP contribution in [0.15, 0.2) is 18.2 Å². The molecule has 1 heterocycles. The summed E-state index contributed by atoms with van der Waals surface area (Å²) in [6.07, 6.45) is 2.19. The number of nitro groups is 1. The van der Waals surface area contributed by atoms with E-state index in [1.807, 2.05) is 0 Å². The third-order valence-electron chi connectivity index (χ3n) is 4.46. The van der Waals surface area contributed by atoms with Crippen molar-refractivity contribution in [2.45, 2.75) is 40.2 Å². The van der Waals surface area contributed by atoms with Gasteiger partial charge in [0.05, 0.1) is 4.92 Å². The zero-order valence-electron chi connectivity index (χ0n) is 12.9. The van der Waals surface area contributed by atoms with Crippen molar-refractivity contribution in [3.63, 3.8) is 0 Å². The molecule has 2 rings (SSSR count). The molecule has 0 aromatic heterocycles. The minimum atomic E-state index is -0.694. The molecule has 0 spiro atoms. The van der Waals surface area contributed by atoms with E-state index in [0.29, 0.717) is 23.4 Å². The van der Waals surface area contributed by atoms with Gasteiger partial charge in [0.1, 0.15) is 0 Å². The van der Waals surface area contributed by atoms with E-state index >= 15 is 0 Å². The van der Waals surface area contributed by atoms with Gasteiger partial charge < -0.3 is 0 Å². The van der Waals surface area contributed by atoms with Gasteiger partial charge >= 0.3 is 5.69 Å². The fourth-order valence-electron chi connectivity index (χ4n) is 3.03. The molecule has 21 heavy (non-hydrogen) atoms. The van der Waals surface area contributed by atoms with Gasteiger partial charge in [0.2, 0.25) is 5.82 Å². The molecule has 0 bridgehead atoms. The van der Waals surface area contributed by atoms with E-state index in [1.165, 1.54) is 6.07 Å². The van der Waals surface area contributed by atoms with Gasteiger partial charge in [-0.25, -0.2) is 0 Å². The first-order chi connectivity index (χ1) is 9.79. The average Bonchev–Trinajstić information content (AvgIpc) is 2.40. The van der Waals surface area contributed by atoms with E-state index in [-0.39, 0.29) is 0 Å². The second kappa shape index (κ2) is 6.10. The molecule has 0 atom stereocenters. The molecule has 5 heteroatoms. The van der Waals surface area contributed by atoms with E-state index in [9.17, 15) is 14.5 Å². The molecule has 0 N–H and O–H groups in total. The molecule has 4 nitrogen and oxygen atoms in total. The molecule has 1 aromatic carbocycles. The average molecular weight is 294 g/mol. The Kier molecular flexibility index (Phi) is 4.61. The van der Waals surface area contributed by atoms with Crippen molar-refractivity contribution in [2.24, 2.45) is 11.3 Å². The highest BCUT2D eigenvalue weighted by molar-refractivity contribution is 5.36. The van der Waals surface area contributed by atoms with Crippen LogP contribution in [0.5, 0.6) is 0 Å². The Bertz CT molecular complexity index is 517. The van der Waals surface area contributed by atoms with Crippen LogP contribution in [-0.2, 0) is 6.54 Å². The van der Waals surface area contributed by atoms with E-state index in [4.69, 9.17) is 0 Å². The smallest absolute Gasteiger partial charge is 0.299 e. The van der Waals surface area contributed by atoms with Crippen LogP contribution >= 0.6 is 0 Å². The molecule has 1 aliphatic rings. The van der Waals surface area contributed by atoms with Crippen molar-refractivity contribution < 1.29 is 9.31 Å². The number of nitro benzene ring substituents is 1. The molecular weight excluding hydrogens is 271 g/mol. The number of nitrogens with zero attached hydrogens (tertiary/aromatic N) is 2. The third kappa shape index (κ3) is 3.79. The summed E-state index contributed by atoms with van der Waals surface area (Å²) in [5.41, 5.74) is 0.290. The van der Waals surface area contributed by atoms with Gasteiger partial charge in [-0.2, -0.15) is 4.39 Å². The fourth-order valence-corrected chi connectivity index (χ4v) is 3.03. The van der Waals surface area contributed by atoms with Gasteiger partial charge in [-0.05, 0) is 37.3 Å². The normalized spacial score (nSPS) is 17.9. The Morgan fingerprint density at radius 2 is 1.95 bits per heavy atom. The molecule has 0 radical (unpaired) electrons. The molecule has 1 fully saturated rings. The summed E-state index contributed by atoms with van der Waals surface area (Å²) in [5, 5.41) is 10.8. The lowest BCUT2D eigenvalue weighted by molar-refractivity contribution is -0.387. The predicted molar refractivity (Wildman–Crippen MR) is 80.5 cm³/mol. The summed E-state index contributed by atoms with van der Waals surface area (Å²) in [5.74, 6) is -0.0100. The second-order valence-corrected chi connectivity index (χ2v) is 6.92. The number of hydrogen-bond donors (Lipinski definition) is 0. The highest BCUT2D eigenvalue weighted by Gasteiger charge is 2.29. The standard InChI is InChI=1S/C16H23FN2O2/c1-16(2,3)13-7-9-18(10-8-13)11-12-5-4-6-14(15(12)17)19(20)21/h4-6,13H,7-11H2,1-3H3. The van der Waals surface area contributed by atoms with Crippen LogP contribution in [0.25, 0.3) is 0 Å². The van der Waals surface area contributed by atoms with Crippen molar-refractivity contribution in [2.75, 3.05) is 13.1 Å². The molecule has 0 saturated carbocycles. The second-order valence-electron chi connectivity index (χ2n) is 6.92. The molecule has 0 aliphatic carbocycles. The van der Waals surface area contributed by atoms with Crippen LogP contribution in [0.4, 0.5) is 10.1 Å². The minimum absolute atomic E-state index is 0.308. The van der Waals surface area contributed by atoms with Gasteiger partial charge in [0, 0.05) is 18.2 Å². The monoisotopic (exact) mass is 294 g/mol. The highest BCUT2D eigenvalue weighted by Crippen LogP contribution is 2.34. The van der Waals surface area contributed by atoms with Crippen LogP contribution in [-0.4, -0.2) is 22.9 Å². The number of hydrogen-bond acceptors (Lipinski definition) is 3. The van der Waals surface area contributed by atoms with Crippen molar-refractivity contribution in [3.8, 4) is 0 Å².